The summed E-state index contributed by atoms with van der Waals surface area (Å²) < 4.78 is 14.4. The number of hydrogen-bond acceptors (Lipinski definition) is 2. The highest BCUT2D eigenvalue weighted by molar-refractivity contribution is 6.31. The number of carbonyl (C=O) groups excluding carboxylic acids is 2. The molecular formula is C25H19Cl2FN2O2. The van der Waals surface area contributed by atoms with E-state index in [0.717, 1.165) is 5.56 Å². The van der Waals surface area contributed by atoms with Crippen molar-refractivity contribution in [2.45, 2.75) is 30.7 Å². The molecule has 1 saturated heterocycles. The summed E-state index contributed by atoms with van der Waals surface area (Å²) in [7, 11) is 0. The van der Waals surface area contributed by atoms with Crippen LogP contribution < -0.4 is 10.6 Å². The first-order valence-corrected chi connectivity index (χ1v) is 11.0. The number of benzene rings is 3. The number of piperidine rings is 1. The van der Waals surface area contributed by atoms with Crippen molar-refractivity contribution in [3.05, 3.63) is 98.8 Å². The highest BCUT2D eigenvalue weighted by Crippen LogP contribution is 2.58. The summed E-state index contributed by atoms with van der Waals surface area (Å²) in [6, 6.07) is 16.1. The molecule has 3 unspecified atom stereocenters. The lowest BCUT2D eigenvalue weighted by Crippen LogP contribution is -2.57. The van der Waals surface area contributed by atoms with Gasteiger partial charge in [0.2, 0.25) is 11.8 Å². The lowest BCUT2D eigenvalue weighted by molar-refractivity contribution is -0.131. The van der Waals surface area contributed by atoms with Gasteiger partial charge in [0.05, 0.1) is 6.04 Å². The zero-order valence-corrected chi connectivity index (χ0v) is 18.6. The Kier molecular flexibility index (Phi) is 4.99. The molecule has 2 heterocycles. The molecule has 7 heteroatoms. The van der Waals surface area contributed by atoms with Crippen molar-refractivity contribution in [2.75, 3.05) is 5.32 Å². The topological polar surface area (TPSA) is 58.2 Å². The standard InChI is InChI=1S/C25H19Cl2FN2O2/c1-13-5-7-17(28)11-18(13)20-12-22(31)30-23(14-3-2-4-15(26)9-14)25(20)19-8-6-16(27)10-21(19)29-24(25)32/h2-11,20,23H,12H2,1H3,(H,29,32)(H,30,31). The minimum absolute atomic E-state index is 0.0385. The molecule has 1 fully saturated rings. The van der Waals surface area contributed by atoms with Gasteiger partial charge in [0, 0.05) is 28.1 Å². The quantitative estimate of drug-likeness (QED) is 0.508. The first-order valence-electron chi connectivity index (χ1n) is 10.2. The van der Waals surface area contributed by atoms with Crippen LogP contribution in [-0.2, 0) is 15.0 Å². The molecule has 0 bridgehead atoms. The number of aryl methyl sites for hydroxylation is 1. The molecule has 0 aromatic heterocycles. The molecule has 3 atom stereocenters. The zero-order chi connectivity index (χ0) is 22.6. The second-order valence-corrected chi connectivity index (χ2v) is 9.20. The van der Waals surface area contributed by atoms with Gasteiger partial charge in [0.15, 0.2) is 0 Å². The van der Waals surface area contributed by atoms with Crippen LogP contribution in [-0.4, -0.2) is 11.8 Å². The van der Waals surface area contributed by atoms with Gasteiger partial charge in [0.1, 0.15) is 11.2 Å². The number of nitrogens with one attached hydrogen (secondary N) is 2. The lowest BCUT2D eigenvalue weighted by Gasteiger charge is -2.46. The van der Waals surface area contributed by atoms with E-state index in [0.29, 0.717) is 32.4 Å². The minimum Gasteiger partial charge on any atom is -0.348 e. The van der Waals surface area contributed by atoms with Crippen LogP contribution in [0, 0.1) is 12.7 Å². The molecule has 1 spiro atoms. The SMILES string of the molecule is Cc1ccc(F)cc1C1CC(=O)NC(c2cccc(Cl)c2)C12C(=O)Nc1cc(Cl)ccc12. The molecule has 2 amide bonds. The maximum absolute atomic E-state index is 14.4. The Morgan fingerprint density at radius 1 is 1.00 bits per heavy atom. The number of halogens is 3. The van der Waals surface area contributed by atoms with Crippen LogP contribution in [0.1, 0.15) is 40.6 Å². The number of fused-ring (bicyclic) bond motifs is 2. The fourth-order valence-electron chi connectivity index (χ4n) is 5.22. The number of amides is 2. The minimum atomic E-state index is -1.21. The third kappa shape index (κ3) is 3.11. The molecule has 0 aliphatic carbocycles. The molecule has 32 heavy (non-hydrogen) atoms. The van der Waals surface area contributed by atoms with Gasteiger partial charge in [-0.1, -0.05) is 47.5 Å². The van der Waals surface area contributed by atoms with Crippen molar-refractivity contribution in [1.29, 1.82) is 0 Å². The molecule has 3 aromatic carbocycles. The van der Waals surface area contributed by atoms with E-state index in [4.69, 9.17) is 23.2 Å². The van der Waals surface area contributed by atoms with Crippen molar-refractivity contribution in [1.82, 2.24) is 5.32 Å². The molecule has 0 radical (unpaired) electrons. The van der Waals surface area contributed by atoms with E-state index in [1.807, 2.05) is 19.1 Å². The fourth-order valence-corrected chi connectivity index (χ4v) is 5.59. The monoisotopic (exact) mass is 468 g/mol. The highest BCUT2D eigenvalue weighted by atomic mass is 35.5. The lowest BCUT2D eigenvalue weighted by atomic mass is 9.59. The normalized spacial score (nSPS) is 24.2. The van der Waals surface area contributed by atoms with E-state index < -0.39 is 23.2 Å². The molecule has 2 aliphatic heterocycles. The van der Waals surface area contributed by atoms with E-state index in [1.165, 1.54) is 12.1 Å². The second kappa shape index (κ2) is 7.61. The molecular weight excluding hydrogens is 450 g/mol. The summed E-state index contributed by atoms with van der Waals surface area (Å²) in [6.07, 6.45) is 0.0385. The van der Waals surface area contributed by atoms with Gasteiger partial charge >= 0.3 is 0 Å². The Morgan fingerprint density at radius 2 is 1.78 bits per heavy atom. The molecule has 162 valence electrons. The van der Waals surface area contributed by atoms with Crippen LogP contribution in [0.25, 0.3) is 0 Å². The van der Waals surface area contributed by atoms with Crippen LogP contribution in [0.15, 0.2) is 60.7 Å². The number of anilines is 1. The molecule has 0 saturated carbocycles. The maximum Gasteiger partial charge on any atom is 0.238 e. The predicted octanol–water partition coefficient (Wildman–Crippen LogP) is 5.68. The third-order valence-corrected chi connectivity index (χ3v) is 7.02. The van der Waals surface area contributed by atoms with Gasteiger partial charge in [-0.3, -0.25) is 9.59 Å². The number of rotatable bonds is 2. The maximum atomic E-state index is 14.4. The van der Waals surface area contributed by atoms with Crippen LogP contribution in [0.3, 0.4) is 0 Å². The highest BCUT2D eigenvalue weighted by Gasteiger charge is 2.61. The van der Waals surface area contributed by atoms with E-state index in [9.17, 15) is 14.0 Å². The Hall–Kier alpha value is -2.89. The van der Waals surface area contributed by atoms with Gasteiger partial charge in [-0.15, -0.1) is 0 Å². The molecule has 2 N–H and O–H groups in total. The Balaban J connectivity index is 1.83. The van der Waals surface area contributed by atoms with Gasteiger partial charge in [0.25, 0.3) is 0 Å². The summed E-state index contributed by atoms with van der Waals surface area (Å²) in [5.41, 5.74) is 2.23. The summed E-state index contributed by atoms with van der Waals surface area (Å²) >= 11 is 12.5. The Labute approximate surface area is 194 Å². The average Bonchev–Trinajstić information content (AvgIpc) is 3.02. The van der Waals surface area contributed by atoms with E-state index in [1.54, 1.807) is 36.4 Å². The van der Waals surface area contributed by atoms with E-state index in [2.05, 4.69) is 10.6 Å². The van der Waals surface area contributed by atoms with Crippen molar-refractivity contribution in [2.24, 2.45) is 0 Å². The number of hydrogen-bond donors (Lipinski definition) is 2. The van der Waals surface area contributed by atoms with Crippen molar-refractivity contribution in [3.63, 3.8) is 0 Å². The Morgan fingerprint density at radius 3 is 2.56 bits per heavy atom. The first kappa shape index (κ1) is 21.0. The van der Waals surface area contributed by atoms with Crippen LogP contribution >= 0.6 is 23.2 Å². The van der Waals surface area contributed by atoms with Crippen molar-refractivity contribution >= 4 is 40.7 Å². The summed E-state index contributed by atoms with van der Waals surface area (Å²) in [6.45, 7) is 1.86. The smallest absolute Gasteiger partial charge is 0.238 e. The van der Waals surface area contributed by atoms with E-state index >= 15 is 0 Å². The number of carbonyl (C=O) groups is 2. The van der Waals surface area contributed by atoms with Crippen molar-refractivity contribution < 1.29 is 14.0 Å². The van der Waals surface area contributed by atoms with Crippen LogP contribution in [0.2, 0.25) is 10.0 Å². The predicted molar refractivity (Wildman–Crippen MR) is 123 cm³/mol. The second-order valence-electron chi connectivity index (χ2n) is 8.33. The summed E-state index contributed by atoms with van der Waals surface area (Å²) in [4.78, 5) is 26.8. The van der Waals surface area contributed by atoms with Crippen molar-refractivity contribution in [3.8, 4) is 0 Å². The van der Waals surface area contributed by atoms with Crippen LogP contribution in [0.5, 0.6) is 0 Å². The van der Waals surface area contributed by atoms with Gasteiger partial charge in [-0.25, -0.2) is 4.39 Å². The average molecular weight is 469 g/mol. The fraction of sp³-hybridized carbons (Fsp3) is 0.200. The largest absolute Gasteiger partial charge is 0.348 e. The molecule has 5 rings (SSSR count). The first-order chi connectivity index (χ1) is 15.3. The van der Waals surface area contributed by atoms with Gasteiger partial charge < -0.3 is 10.6 Å². The zero-order valence-electron chi connectivity index (χ0n) is 17.1. The molecule has 3 aromatic rings. The van der Waals surface area contributed by atoms with E-state index in [-0.39, 0.29) is 18.2 Å². The van der Waals surface area contributed by atoms with Gasteiger partial charge in [-0.05, 0) is 65.6 Å². The Bertz CT molecular complexity index is 1280. The molecule has 2 aliphatic rings. The molecule has 4 nitrogen and oxygen atoms in total. The summed E-state index contributed by atoms with van der Waals surface area (Å²) in [5.74, 6) is -1.50. The third-order valence-electron chi connectivity index (χ3n) is 6.55. The van der Waals surface area contributed by atoms with Gasteiger partial charge in [-0.2, -0.15) is 0 Å². The van der Waals surface area contributed by atoms with Crippen LogP contribution in [0.4, 0.5) is 10.1 Å². The summed E-state index contributed by atoms with van der Waals surface area (Å²) in [5, 5.41) is 6.96.